The predicted octanol–water partition coefficient (Wildman–Crippen LogP) is 3.79. The summed E-state index contributed by atoms with van der Waals surface area (Å²) in [5.74, 6) is 0.479. The van der Waals surface area contributed by atoms with Crippen molar-refractivity contribution in [3.05, 3.63) is 51.9 Å². The third-order valence-electron chi connectivity index (χ3n) is 3.20. The Morgan fingerprint density at radius 3 is 2.60 bits per heavy atom. The molecule has 0 fully saturated rings. The van der Waals surface area contributed by atoms with Crippen molar-refractivity contribution in [3.63, 3.8) is 0 Å². The monoisotopic (exact) mass is 309 g/mol. The second-order valence-electron chi connectivity index (χ2n) is 4.33. The molecule has 0 amide bonds. The van der Waals surface area contributed by atoms with Crippen LogP contribution in [0.15, 0.2) is 30.6 Å². The summed E-state index contributed by atoms with van der Waals surface area (Å²) in [6.45, 7) is 1.98. The molecule has 1 aromatic carbocycles. The lowest BCUT2D eigenvalue weighted by atomic mass is 10.1. The van der Waals surface area contributed by atoms with E-state index in [0.717, 1.165) is 5.56 Å². The van der Waals surface area contributed by atoms with E-state index in [1.54, 1.807) is 0 Å². The zero-order valence-corrected chi connectivity index (χ0v) is 12.6. The van der Waals surface area contributed by atoms with E-state index in [9.17, 15) is 4.79 Å². The Hall–Kier alpha value is -1.65. The van der Waals surface area contributed by atoms with Crippen LogP contribution in [0.5, 0.6) is 0 Å². The van der Waals surface area contributed by atoms with E-state index in [4.69, 9.17) is 23.2 Å². The lowest BCUT2D eigenvalue weighted by Gasteiger charge is -2.27. The van der Waals surface area contributed by atoms with Crippen LogP contribution in [0.1, 0.15) is 28.9 Å². The van der Waals surface area contributed by atoms with Crippen LogP contribution in [-0.2, 0) is 0 Å². The summed E-state index contributed by atoms with van der Waals surface area (Å²) in [7, 11) is 1.83. The Morgan fingerprint density at radius 2 is 1.95 bits per heavy atom. The maximum absolute atomic E-state index is 11.2. The molecule has 0 saturated heterocycles. The molecule has 0 N–H and O–H groups in total. The minimum Gasteiger partial charge on any atom is -0.352 e. The molecule has 0 radical (unpaired) electrons. The van der Waals surface area contributed by atoms with Crippen molar-refractivity contribution in [1.29, 1.82) is 0 Å². The number of carbonyl (C=O) groups excluding carboxylic acids is 1. The highest BCUT2D eigenvalue weighted by Crippen LogP contribution is 2.31. The van der Waals surface area contributed by atoms with Crippen LogP contribution in [-0.4, -0.2) is 23.3 Å². The second-order valence-corrected chi connectivity index (χ2v) is 5.09. The zero-order chi connectivity index (χ0) is 14.7. The molecule has 104 valence electrons. The second kappa shape index (κ2) is 6.20. The number of hydrogen-bond donors (Lipinski definition) is 0. The summed E-state index contributed by atoms with van der Waals surface area (Å²) in [6.07, 6.45) is 1.99. The number of rotatable bonds is 4. The standard InChI is InChI=1S/C14H13Cl2N3O/c1-9(10-5-3-4-6-12(10)15)19(2)14-11(7-20)13(16)17-8-18-14/h3-9H,1-2H3. The molecule has 2 aromatic rings. The molecule has 0 aliphatic carbocycles. The molecule has 20 heavy (non-hydrogen) atoms. The van der Waals surface area contributed by atoms with Gasteiger partial charge >= 0.3 is 0 Å². The van der Waals surface area contributed by atoms with E-state index >= 15 is 0 Å². The molecular weight excluding hydrogens is 297 g/mol. The molecule has 4 nitrogen and oxygen atoms in total. The van der Waals surface area contributed by atoms with Crippen molar-refractivity contribution in [2.45, 2.75) is 13.0 Å². The van der Waals surface area contributed by atoms with Gasteiger partial charge in [0, 0.05) is 12.1 Å². The SMILES string of the molecule is CC(c1ccccc1Cl)N(C)c1ncnc(Cl)c1C=O. The Balaban J connectivity index is 2.41. The Bertz CT molecular complexity index is 634. The summed E-state index contributed by atoms with van der Waals surface area (Å²) in [4.78, 5) is 21.0. The van der Waals surface area contributed by atoms with Gasteiger partial charge in [0.2, 0.25) is 0 Å². The number of halogens is 2. The van der Waals surface area contributed by atoms with Crippen molar-refractivity contribution in [2.75, 3.05) is 11.9 Å². The van der Waals surface area contributed by atoms with Crippen molar-refractivity contribution in [3.8, 4) is 0 Å². The fourth-order valence-electron chi connectivity index (χ4n) is 1.95. The number of hydrogen-bond acceptors (Lipinski definition) is 4. The number of aldehydes is 1. The third kappa shape index (κ3) is 2.76. The molecule has 0 spiro atoms. The van der Waals surface area contributed by atoms with Crippen molar-refractivity contribution in [1.82, 2.24) is 9.97 Å². The molecule has 1 unspecified atom stereocenters. The van der Waals surface area contributed by atoms with E-state index in [1.165, 1.54) is 6.33 Å². The maximum Gasteiger partial charge on any atom is 0.156 e. The smallest absolute Gasteiger partial charge is 0.156 e. The fraction of sp³-hybridized carbons (Fsp3) is 0.214. The Kier molecular flexibility index (Phi) is 4.57. The van der Waals surface area contributed by atoms with Gasteiger partial charge in [-0.1, -0.05) is 41.4 Å². The Morgan fingerprint density at radius 1 is 1.25 bits per heavy atom. The summed E-state index contributed by atoms with van der Waals surface area (Å²) >= 11 is 12.1. The van der Waals surface area contributed by atoms with Crippen LogP contribution in [0.2, 0.25) is 10.2 Å². The average molecular weight is 310 g/mol. The number of anilines is 1. The maximum atomic E-state index is 11.2. The quantitative estimate of drug-likeness (QED) is 0.636. The van der Waals surface area contributed by atoms with E-state index < -0.39 is 0 Å². The van der Waals surface area contributed by atoms with Gasteiger partial charge in [-0.3, -0.25) is 4.79 Å². The Labute approximate surface area is 127 Å². The topological polar surface area (TPSA) is 46.1 Å². The first-order valence-corrected chi connectivity index (χ1v) is 6.74. The molecule has 0 aliphatic heterocycles. The van der Waals surface area contributed by atoms with E-state index in [2.05, 4.69) is 9.97 Å². The van der Waals surface area contributed by atoms with E-state index in [-0.39, 0.29) is 16.8 Å². The zero-order valence-electron chi connectivity index (χ0n) is 11.0. The van der Waals surface area contributed by atoms with E-state index in [1.807, 2.05) is 43.1 Å². The largest absolute Gasteiger partial charge is 0.352 e. The van der Waals surface area contributed by atoms with Crippen molar-refractivity contribution >= 4 is 35.3 Å². The first-order valence-electron chi connectivity index (χ1n) is 5.99. The summed E-state index contributed by atoms with van der Waals surface area (Å²) in [6, 6.07) is 7.49. The van der Waals surface area contributed by atoms with Crippen LogP contribution in [0.3, 0.4) is 0 Å². The van der Waals surface area contributed by atoms with Crippen LogP contribution in [0.4, 0.5) is 5.82 Å². The highest BCUT2D eigenvalue weighted by molar-refractivity contribution is 6.32. The number of benzene rings is 1. The van der Waals surface area contributed by atoms with Crippen LogP contribution in [0.25, 0.3) is 0 Å². The molecule has 1 aromatic heterocycles. The van der Waals surface area contributed by atoms with Gasteiger partial charge in [-0.2, -0.15) is 0 Å². The summed E-state index contributed by atoms with van der Waals surface area (Å²) in [5.41, 5.74) is 1.22. The molecular formula is C14H13Cl2N3O. The summed E-state index contributed by atoms with van der Waals surface area (Å²) < 4.78 is 0. The average Bonchev–Trinajstić information content (AvgIpc) is 2.46. The number of nitrogens with zero attached hydrogens (tertiary/aromatic N) is 3. The molecule has 1 heterocycles. The normalized spacial score (nSPS) is 12.0. The fourth-order valence-corrected chi connectivity index (χ4v) is 2.42. The molecule has 0 saturated carbocycles. The van der Waals surface area contributed by atoms with E-state index in [0.29, 0.717) is 17.1 Å². The minimum absolute atomic E-state index is 0.0617. The van der Waals surface area contributed by atoms with Gasteiger partial charge in [-0.15, -0.1) is 0 Å². The highest BCUT2D eigenvalue weighted by atomic mass is 35.5. The molecule has 0 aliphatic rings. The highest BCUT2D eigenvalue weighted by Gasteiger charge is 2.20. The number of aromatic nitrogens is 2. The summed E-state index contributed by atoms with van der Waals surface area (Å²) in [5, 5.41) is 0.808. The lowest BCUT2D eigenvalue weighted by Crippen LogP contribution is -2.24. The molecule has 6 heteroatoms. The van der Waals surface area contributed by atoms with Gasteiger partial charge < -0.3 is 4.90 Å². The van der Waals surface area contributed by atoms with Crippen LogP contribution < -0.4 is 4.90 Å². The first-order chi connectivity index (χ1) is 9.56. The van der Waals surface area contributed by atoms with Crippen molar-refractivity contribution in [2.24, 2.45) is 0 Å². The van der Waals surface area contributed by atoms with Crippen molar-refractivity contribution < 1.29 is 4.79 Å². The molecule has 2 rings (SSSR count). The minimum atomic E-state index is -0.0617. The molecule has 1 atom stereocenters. The first kappa shape index (κ1) is 14.8. The van der Waals surface area contributed by atoms with Crippen LogP contribution >= 0.6 is 23.2 Å². The lowest BCUT2D eigenvalue weighted by molar-refractivity contribution is 0.112. The third-order valence-corrected chi connectivity index (χ3v) is 3.85. The number of carbonyl (C=O) groups is 1. The van der Waals surface area contributed by atoms with Gasteiger partial charge in [-0.05, 0) is 18.6 Å². The van der Waals surface area contributed by atoms with Gasteiger partial charge in [-0.25, -0.2) is 9.97 Å². The van der Waals surface area contributed by atoms with Gasteiger partial charge in [0.15, 0.2) is 6.29 Å². The van der Waals surface area contributed by atoms with Gasteiger partial charge in [0.25, 0.3) is 0 Å². The van der Waals surface area contributed by atoms with Gasteiger partial charge in [0.05, 0.1) is 11.6 Å². The van der Waals surface area contributed by atoms with Gasteiger partial charge in [0.1, 0.15) is 17.3 Å². The predicted molar refractivity (Wildman–Crippen MR) is 80.7 cm³/mol. The molecule has 0 bridgehead atoms. The van der Waals surface area contributed by atoms with Crippen LogP contribution in [0, 0.1) is 0 Å².